The quantitative estimate of drug-likeness (QED) is 0.146. The molecule has 4 rings (SSSR count). The molecule has 0 radical (unpaired) electrons. The number of amides is 1. The maximum Gasteiger partial charge on any atom is 0.266 e. The van der Waals surface area contributed by atoms with Crippen LogP contribution in [0, 0.1) is 0 Å². The van der Waals surface area contributed by atoms with Crippen LogP contribution in [0.2, 0.25) is 0 Å². The molecule has 0 fully saturated rings. The summed E-state index contributed by atoms with van der Waals surface area (Å²) < 4.78 is 17.7. The molecule has 0 spiro atoms. The molecule has 0 atom stereocenters. The van der Waals surface area contributed by atoms with E-state index in [0.717, 1.165) is 11.8 Å². The van der Waals surface area contributed by atoms with E-state index in [2.05, 4.69) is 15.5 Å². The summed E-state index contributed by atoms with van der Waals surface area (Å²) in [7, 11) is 3.08. The molecule has 10 heteroatoms. The molecule has 0 aliphatic rings. The van der Waals surface area contributed by atoms with Crippen molar-refractivity contribution < 1.29 is 19.0 Å². The molecular weight excluding hydrogens is 492 g/mol. The van der Waals surface area contributed by atoms with E-state index in [1.54, 1.807) is 67.8 Å². The standard InChI is InChI=1S/C27H26N4O5S/c1-4-36-20-14-12-19(13-15-20)31-26(33)21-9-5-6-10-22(21)29-27(31)37-17-24(32)30-28-16-18-8-7-11-23(34-2)25(18)35-3/h5-16H,4,17H2,1-3H3,(H,30,32). The Bertz CT molecular complexity index is 1480. The average Bonchev–Trinajstić information content (AvgIpc) is 2.92. The van der Waals surface area contributed by atoms with Gasteiger partial charge in [-0.3, -0.25) is 14.2 Å². The first kappa shape index (κ1) is 25.8. The highest BCUT2D eigenvalue weighted by Crippen LogP contribution is 2.29. The van der Waals surface area contributed by atoms with Crippen LogP contribution in [0.25, 0.3) is 16.6 Å². The Morgan fingerprint density at radius 2 is 1.84 bits per heavy atom. The van der Waals surface area contributed by atoms with Gasteiger partial charge in [0.25, 0.3) is 11.5 Å². The van der Waals surface area contributed by atoms with Crippen LogP contribution < -0.4 is 25.2 Å². The second kappa shape index (κ2) is 12.1. The normalized spacial score (nSPS) is 11.0. The number of nitrogens with zero attached hydrogens (tertiary/aromatic N) is 3. The first-order valence-electron chi connectivity index (χ1n) is 11.5. The Labute approximate surface area is 218 Å². The maximum absolute atomic E-state index is 13.4. The van der Waals surface area contributed by atoms with Crippen LogP contribution in [0.1, 0.15) is 12.5 Å². The molecule has 190 valence electrons. The number of carbonyl (C=O) groups excluding carboxylic acids is 1. The minimum absolute atomic E-state index is 0.00556. The molecule has 0 bridgehead atoms. The fourth-order valence-electron chi connectivity index (χ4n) is 3.64. The maximum atomic E-state index is 13.4. The van der Waals surface area contributed by atoms with Crippen molar-refractivity contribution in [1.82, 2.24) is 15.0 Å². The molecule has 1 N–H and O–H groups in total. The van der Waals surface area contributed by atoms with Crippen molar-refractivity contribution in [3.63, 3.8) is 0 Å². The lowest BCUT2D eigenvalue weighted by molar-refractivity contribution is -0.118. The van der Waals surface area contributed by atoms with E-state index in [1.165, 1.54) is 17.9 Å². The number of para-hydroxylation sites is 2. The van der Waals surface area contributed by atoms with E-state index in [0.29, 0.717) is 51.2 Å². The summed E-state index contributed by atoms with van der Waals surface area (Å²) >= 11 is 1.14. The van der Waals surface area contributed by atoms with Crippen molar-refractivity contribution in [3.05, 3.63) is 82.6 Å². The van der Waals surface area contributed by atoms with Gasteiger partial charge >= 0.3 is 0 Å². The summed E-state index contributed by atoms with van der Waals surface area (Å²) in [5.41, 5.74) is 4.11. The third-order valence-electron chi connectivity index (χ3n) is 5.31. The zero-order chi connectivity index (χ0) is 26.2. The second-order valence-corrected chi connectivity index (χ2v) is 8.59. The van der Waals surface area contributed by atoms with Crippen LogP contribution in [-0.2, 0) is 4.79 Å². The van der Waals surface area contributed by atoms with Crippen LogP contribution in [0.3, 0.4) is 0 Å². The number of benzene rings is 3. The van der Waals surface area contributed by atoms with Gasteiger partial charge in [-0.05, 0) is 55.5 Å². The van der Waals surface area contributed by atoms with Crippen molar-refractivity contribution in [2.75, 3.05) is 26.6 Å². The minimum Gasteiger partial charge on any atom is -0.494 e. The van der Waals surface area contributed by atoms with E-state index in [1.807, 2.05) is 13.0 Å². The van der Waals surface area contributed by atoms with Gasteiger partial charge in [-0.25, -0.2) is 10.4 Å². The summed E-state index contributed by atoms with van der Waals surface area (Å²) in [6, 6.07) is 19.7. The minimum atomic E-state index is -0.358. The predicted octanol–water partition coefficient (Wildman–Crippen LogP) is 4.04. The van der Waals surface area contributed by atoms with Gasteiger partial charge in [0.1, 0.15) is 5.75 Å². The molecular formula is C27H26N4O5S. The monoisotopic (exact) mass is 518 g/mol. The zero-order valence-corrected chi connectivity index (χ0v) is 21.5. The van der Waals surface area contributed by atoms with Crippen molar-refractivity contribution in [1.29, 1.82) is 0 Å². The molecule has 4 aromatic rings. The van der Waals surface area contributed by atoms with Crippen LogP contribution in [0.4, 0.5) is 0 Å². The molecule has 0 saturated heterocycles. The fraction of sp³-hybridized carbons (Fsp3) is 0.185. The van der Waals surface area contributed by atoms with Crippen LogP contribution in [0.5, 0.6) is 17.2 Å². The Hall–Kier alpha value is -4.31. The van der Waals surface area contributed by atoms with Crippen molar-refractivity contribution in [2.45, 2.75) is 12.1 Å². The number of rotatable bonds is 10. The summed E-state index contributed by atoms with van der Waals surface area (Å²) in [6.07, 6.45) is 1.48. The number of hydrogen-bond acceptors (Lipinski definition) is 8. The molecule has 1 heterocycles. The smallest absolute Gasteiger partial charge is 0.266 e. The van der Waals surface area contributed by atoms with E-state index in [9.17, 15) is 9.59 Å². The molecule has 1 amide bonds. The van der Waals surface area contributed by atoms with Gasteiger partial charge in [0.15, 0.2) is 16.7 Å². The summed E-state index contributed by atoms with van der Waals surface area (Å²) in [4.78, 5) is 30.6. The highest BCUT2D eigenvalue weighted by atomic mass is 32.2. The van der Waals surface area contributed by atoms with Crippen LogP contribution in [0.15, 0.2) is 81.8 Å². The first-order valence-corrected chi connectivity index (χ1v) is 12.4. The number of hydrogen-bond donors (Lipinski definition) is 1. The number of hydrazone groups is 1. The Morgan fingerprint density at radius 1 is 1.05 bits per heavy atom. The number of nitrogens with one attached hydrogen (secondary N) is 1. The molecule has 1 aromatic heterocycles. The summed E-state index contributed by atoms with van der Waals surface area (Å²) in [6.45, 7) is 2.45. The van der Waals surface area contributed by atoms with Crippen LogP contribution >= 0.6 is 11.8 Å². The highest BCUT2D eigenvalue weighted by Gasteiger charge is 2.15. The second-order valence-electron chi connectivity index (χ2n) is 7.64. The van der Waals surface area contributed by atoms with E-state index in [-0.39, 0.29) is 17.2 Å². The molecule has 9 nitrogen and oxygen atoms in total. The van der Waals surface area contributed by atoms with Crippen molar-refractivity contribution >= 4 is 34.8 Å². The van der Waals surface area contributed by atoms with Gasteiger partial charge in [0.05, 0.1) is 49.4 Å². The molecule has 3 aromatic carbocycles. The Morgan fingerprint density at radius 3 is 2.57 bits per heavy atom. The molecule has 0 aliphatic heterocycles. The summed E-state index contributed by atoms with van der Waals surface area (Å²) in [5, 5.41) is 4.92. The number of ether oxygens (including phenoxy) is 3. The Kier molecular flexibility index (Phi) is 8.42. The molecule has 0 unspecified atom stereocenters. The van der Waals surface area contributed by atoms with Gasteiger partial charge < -0.3 is 14.2 Å². The van der Waals surface area contributed by atoms with Gasteiger partial charge in [-0.1, -0.05) is 30.0 Å². The third kappa shape index (κ3) is 5.92. The zero-order valence-electron chi connectivity index (χ0n) is 20.6. The van der Waals surface area contributed by atoms with Gasteiger partial charge in [-0.15, -0.1) is 0 Å². The first-order chi connectivity index (χ1) is 18.0. The van der Waals surface area contributed by atoms with Crippen molar-refractivity contribution in [3.8, 4) is 22.9 Å². The lowest BCUT2D eigenvalue weighted by atomic mass is 10.2. The highest BCUT2D eigenvalue weighted by molar-refractivity contribution is 7.99. The fourth-order valence-corrected chi connectivity index (χ4v) is 4.45. The molecule has 0 aliphatic carbocycles. The third-order valence-corrected chi connectivity index (χ3v) is 6.25. The van der Waals surface area contributed by atoms with Gasteiger partial charge in [0.2, 0.25) is 0 Å². The van der Waals surface area contributed by atoms with E-state index >= 15 is 0 Å². The number of aromatic nitrogens is 2. The largest absolute Gasteiger partial charge is 0.494 e. The lowest BCUT2D eigenvalue weighted by Crippen LogP contribution is -2.24. The lowest BCUT2D eigenvalue weighted by Gasteiger charge is -2.13. The summed E-state index contributed by atoms with van der Waals surface area (Å²) in [5.74, 6) is 1.41. The van der Waals surface area contributed by atoms with E-state index in [4.69, 9.17) is 14.2 Å². The Balaban J connectivity index is 1.55. The van der Waals surface area contributed by atoms with E-state index < -0.39 is 0 Å². The molecule has 37 heavy (non-hydrogen) atoms. The SMILES string of the molecule is CCOc1ccc(-n2c(SCC(=O)NN=Cc3cccc(OC)c3OC)nc3ccccc3c2=O)cc1. The predicted molar refractivity (Wildman–Crippen MR) is 145 cm³/mol. The van der Waals surface area contributed by atoms with Crippen LogP contribution in [-0.4, -0.2) is 48.3 Å². The molecule has 0 saturated carbocycles. The van der Waals surface area contributed by atoms with Crippen molar-refractivity contribution in [2.24, 2.45) is 5.10 Å². The number of methoxy groups -OCH3 is 2. The van der Waals surface area contributed by atoms with Gasteiger partial charge in [0, 0.05) is 5.56 Å². The number of carbonyl (C=O) groups is 1. The average molecular weight is 519 g/mol. The number of thioether (sulfide) groups is 1. The number of fused-ring (bicyclic) bond motifs is 1. The van der Waals surface area contributed by atoms with Gasteiger partial charge in [-0.2, -0.15) is 5.10 Å². The topological polar surface area (TPSA) is 104 Å².